The third-order valence-electron chi connectivity index (χ3n) is 5.69. The average molecular weight is 526 g/mol. The lowest BCUT2D eigenvalue weighted by Gasteiger charge is -2.29. The van der Waals surface area contributed by atoms with Gasteiger partial charge in [0, 0.05) is 56.9 Å². The van der Waals surface area contributed by atoms with Crippen molar-refractivity contribution in [2.75, 3.05) is 32.7 Å². The van der Waals surface area contributed by atoms with Crippen LogP contribution in [-0.2, 0) is 24.0 Å². The summed E-state index contributed by atoms with van der Waals surface area (Å²) in [6, 6.07) is -0.728. The van der Waals surface area contributed by atoms with E-state index in [9.17, 15) is 24.0 Å². The summed E-state index contributed by atoms with van der Waals surface area (Å²) >= 11 is 0. The van der Waals surface area contributed by atoms with E-state index in [-0.39, 0.29) is 79.4 Å². The van der Waals surface area contributed by atoms with Crippen LogP contribution in [0.4, 0.5) is 0 Å². The molecule has 0 bridgehead atoms. The molecule has 0 saturated carbocycles. The molecule has 0 rings (SSSR count). The van der Waals surface area contributed by atoms with Crippen molar-refractivity contribution in [2.24, 2.45) is 23.7 Å². The van der Waals surface area contributed by atoms with Gasteiger partial charge in [-0.1, -0.05) is 55.4 Å². The second-order valence-corrected chi connectivity index (χ2v) is 10.9. The largest absolute Gasteiger partial charge is 0.356 e. The van der Waals surface area contributed by atoms with Crippen molar-refractivity contribution in [2.45, 2.75) is 87.1 Å². The van der Waals surface area contributed by atoms with Crippen LogP contribution in [0.1, 0.15) is 81.1 Å². The number of amides is 5. The molecular formula is C27H51N5O5. The molecule has 0 heterocycles. The summed E-state index contributed by atoms with van der Waals surface area (Å²) in [6.45, 7) is 16.3. The van der Waals surface area contributed by atoms with E-state index in [1.54, 1.807) is 32.6 Å². The first kappa shape index (κ1) is 34.4. The molecule has 1 atom stereocenters. The van der Waals surface area contributed by atoms with Gasteiger partial charge in [-0.15, -0.1) is 0 Å². The molecule has 37 heavy (non-hydrogen) atoms. The topological polar surface area (TPSA) is 137 Å². The zero-order chi connectivity index (χ0) is 28.5. The van der Waals surface area contributed by atoms with Gasteiger partial charge in [0.15, 0.2) is 0 Å². The zero-order valence-corrected chi connectivity index (χ0v) is 24.2. The van der Waals surface area contributed by atoms with Crippen LogP contribution in [-0.4, -0.2) is 73.2 Å². The highest BCUT2D eigenvalue weighted by Crippen LogP contribution is 2.08. The van der Waals surface area contributed by atoms with Crippen molar-refractivity contribution in [3.8, 4) is 0 Å². The van der Waals surface area contributed by atoms with Gasteiger partial charge in [-0.2, -0.15) is 0 Å². The maximum atomic E-state index is 13.6. The Balaban J connectivity index is 5.35. The lowest BCUT2D eigenvalue weighted by molar-refractivity contribution is -0.137. The van der Waals surface area contributed by atoms with E-state index < -0.39 is 6.04 Å². The van der Waals surface area contributed by atoms with Crippen LogP contribution < -0.4 is 21.3 Å². The minimum absolute atomic E-state index is 0.0177. The van der Waals surface area contributed by atoms with E-state index in [4.69, 9.17) is 0 Å². The molecule has 4 N–H and O–H groups in total. The van der Waals surface area contributed by atoms with Crippen molar-refractivity contribution in [3.63, 3.8) is 0 Å². The van der Waals surface area contributed by atoms with Crippen LogP contribution in [0.5, 0.6) is 0 Å². The molecule has 214 valence electrons. The fraction of sp³-hybridized carbons (Fsp3) is 0.815. The Bertz CT molecular complexity index is 711. The second kappa shape index (κ2) is 18.6. The van der Waals surface area contributed by atoms with Gasteiger partial charge in [0.05, 0.1) is 0 Å². The first-order valence-electron chi connectivity index (χ1n) is 13.7. The van der Waals surface area contributed by atoms with Gasteiger partial charge >= 0.3 is 0 Å². The average Bonchev–Trinajstić information content (AvgIpc) is 2.80. The maximum absolute atomic E-state index is 13.6. The van der Waals surface area contributed by atoms with Crippen molar-refractivity contribution in [3.05, 3.63) is 0 Å². The summed E-state index contributed by atoms with van der Waals surface area (Å²) in [7, 11) is 0. The van der Waals surface area contributed by atoms with E-state index in [0.717, 1.165) is 0 Å². The second-order valence-electron chi connectivity index (χ2n) is 10.9. The number of hydrogen-bond acceptors (Lipinski definition) is 5. The van der Waals surface area contributed by atoms with Crippen molar-refractivity contribution in [1.82, 2.24) is 26.2 Å². The Morgan fingerprint density at radius 1 is 0.622 bits per heavy atom. The van der Waals surface area contributed by atoms with Crippen LogP contribution in [0.25, 0.3) is 0 Å². The quantitative estimate of drug-likeness (QED) is 0.202. The number of carbonyl (C=O) groups excluding carboxylic acids is 5. The molecule has 0 aliphatic rings. The molecule has 0 aliphatic heterocycles. The Hall–Kier alpha value is -2.65. The van der Waals surface area contributed by atoms with Crippen molar-refractivity contribution >= 4 is 29.5 Å². The van der Waals surface area contributed by atoms with Gasteiger partial charge in [-0.3, -0.25) is 24.0 Å². The van der Waals surface area contributed by atoms with Crippen LogP contribution in [0.15, 0.2) is 0 Å². The number of hydrogen-bond donors (Lipinski definition) is 4. The van der Waals surface area contributed by atoms with Crippen LogP contribution >= 0.6 is 0 Å². The van der Waals surface area contributed by atoms with E-state index in [2.05, 4.69) is 21.3 Å². The third kappa shape index (κ3) is 15.9. The molecule has 10 heteroatoms. The summed E-state index contributed by atoms with van der Waals surface area (Å²) in [6.07, 6.45) is 2.05. The third-order valence-corrected chi connectivity index (χ3v) is 5.69. The van der Waals surface area contributed by atoms with E-state index in [1.165, 1.54) is 0 Å². The summed E-state index contributed by atoms with van der Waals surface area (Å²) in [5.41, 5.74) is 0. The van der Waals surface area contributed by atoms with E-state index >= 15 is 0 Å². The number of nitrogens with zero attached hydrogens (tertiary/aromatic N) is 1. The molecule has 0 aromatic rings. The predicted molar refractivity (Wildman–Crippen MR) is 145 cm³/mol. The Kier molecular flexibility index (Phi) is 17.2. The Morgan fingerprint density at radius 2 is 1.05 bits per heavy atom. The molecule has 0 radical (unpaired) electrons. The SMILES string of the molecule is CC(C)CC(=O)NC(CCCCNC(=O)C(C)C)C(=O)N(CCNC(=O)C(C)C)CCNC(=O)C(C)C. The zero-order valence-electron chi connectivity index (χ0n) is 24.2. The molecule has 0 saturated heterocycles. The Morgan fingerprint density at radius 3 is 1.46 bits per heavy atom. The molecule has 1 unspecified atom stereocenters. The van der Waals surface area contributed by atoms with Gasteiger partial charge in [-0.25, -0.2) is 0 Å². The highest BCUT2D eigenvalue weighted by Gasteiger charge is 2.26. The molecule has 0 aromatic carbocycles. The first-order valence-corrected chi connectivity index (χ1v) is 13.7. The fourth-order valence-corrected chi connectivity index (χ4v) is 3.36. The molecule has 0 spiro atoms. The van der Waals surface area contributed by atoms with Crippen molar-refractivity contribution in [1.29, 1.82) is 0 Å². The highest BCUT2D eigenvalue weighted by molar-refractivity contribution is 5.88. The monoisotopic (exact) mass is 525 g/mol. The number of rotatable bonds is 18. The van der Waals surface area contributed by atoms with Gasteiger partial charge in [0.1, 0.15) is 6.04 Å². The Labute approximate surface area is 223 Å². The van der Waals surface area contributed by atoms with E-state index in [0.29, 0.717) is 32.2 Å². The maximum Gasteiger partial charge on any atom is 0.245 e. The van der Waals surface area contributed by atoms with Gasteiger partial charge in [-0.05, 0) is 25.2 Å². The fourth-order valence-electron chi connectivity index (χ4n) is 3.36. The smallest absolute Gasteiger partial charge is 0.245 e. The molecule has 0 aromatic heterocycles. The highest BCUT2D eigenvalue weighted by atomic mass is 16.2. The number of carbonyl (C=O) groups is 5. The molecule has 0 aliphatic carbocycles. The normalized spacial score (nSPS) is 12.0. The lowest BCUT2D eigenvalue weighted by atomic mass is 10.1. The van der Waals surface area contributed by atoms with Crippen molar-refractivity contribution < 1.29 is 24.0 Å². The predicted octanol–water partition coefficient (Wildman–Crippen LogP) is 1.83. The molecule has 5 amide bonds. The molecule has 10 nitrogen and oxygen atoms in total. The van der Waals surface area contributed by atoms with Gasteiger partial charge in [0.2, 0.25) is 29.5 Å². The van der Waals surface area contributed by atoms with Gasteiger partial charge < -0.3 is 26.2 Å². The summed E-state index contributed by atoms with van der Waals surface area (Å²) in [5, 5.41) is 11.4. The van der Waals surface area contributed by atoms with Crippen LogP contribution in [0.3, 0.4) is 0 Å². The van der Waals surface area contributed by atoms with Crippen LogP contribution in [0.2, 0.25) is 0 Å². The standard InChI is InChI=1S/C27H51N5O5/c1-18(2)17-23(33)31-22(11-9-10-12-28-24(34)19(3)4)27(37)32(15-13-29-25(35)20(5)6)16-14-30-26(36)21(7)8/h18-22H,9-17H2,1-8H3,(H,28,34)(H,29,35)(H,30,36)(H,31,33). The summed E-state index contributed by atoms with van der Waals surface area (Å²) in [4.78, 5) is 63.4. The minimum atomic E-state index is -0.728. The van der Waals surface area contributed by atoms with E-state index in [1.807, 2.05) is 27.7 Å². The van der Waals surface area contributed by atoms with Gasteiger partial charge in [0.25, 0.3) is 0 Å². The lowest BCUT2D eigenvalue weighted by Crippen LogP contribution is -2.52. The van der Waals surface area contributed by atoms with Crippen LogP contribution in [0, 0.1) is 23.7 Å². The number of nitrogens with one attached hydrogen (secondary N) is 4. The first-order chi connectivity index (χ1) is 17.3. The number of unbranched alkanes of at least 4 members (excludes halogenated alkanes) is 1. The summed E-state index contributed by atoms with van der Waals surface area (Å²) < 4.78 is 0. The minimum Gasteiger partial charge on any atom is -0.356 e. The summed E-state index contributed by atoms with van der Waals surface area (Å²) in [5.74, 6) is -0.959. The molecule has 0 fully saturated rings. The molecular weight excluding hydrogens is 474 g/mol.